The number of amides is 1. The van der Waals surface area contributed by atoms with E-state index in [9.17, 15) is 24.2 Å². The van der Waals surface area contributed by atoms with E-state index in [0.29, 0.717) is 0 Å². The normalized spacial score (nSPS) is 26.5. The first-order valence-corrected chi connectivity index (χ1v) is 7.45. The van der Waals surface area contributed by atoms with Gasteiger partial charge in [0.25, 0.3) is 5.91 Å². The van der Waals surface area contributed by atoms with Gasteiger partial charge in [-0.15, -0.1) is 0 Å². The van der Waals surface area contributed by atoms with Gasteiger partial charge >= 0.3 is 13.6 Å². The molecule has 1 unspecified atom stereocenters. The van der Waals surface area contributed by atoms with Crippen LogP contribution in [0.4, 0.5) is 0 Å². The number of nitrogens with zero attached hydrogens (tertiary/aromatic N) is 1. The van der Waals surface area contributed by atoms with E-state index in [1.165, 1.54) is 0 Å². The minimum Gasteiger partial charge on any atom is -0.438 e. The number of carbonyl (C=O) groups is 2. The SMILES string of the molecule is CC(C)(C)C(=O)OCOP(=O)(O)[C@H]1C[C@H](O)N(O)C1=O. The molecule has 0 aromatic carbocycles. The Balaban J connectivity index is 2.57. The lowest BCUT2D eigenvalue weighted by Gasteiger charge is -2.19. The van der Waals surface area contributed by atoms with Crippen LogP contribution in [0.2, 0.25) is 0 Å². The van der Waals surface area contributed by atoms with E-state index >= 15 is 0 Å². The Morgan fingerprint density at radius 1 is 1.50 bits per heavy atom. The van der Waals surface area contributed by atoms with Gasteiger partial charge in [0.05, 0.1) is 5.41 Å². The smallest absolute Gasteiger partial charge is 0.343 e. The summed E-state index contributed by atoms with van der Waals surface area (Å²) < 4.78 is 21.0. The maximum atomic E-state index is 11.8. The number of esters is 1. The second-order valence-electron chi connectivity index (χ2n) is 5.41. The van der Waals surface area contributed by atoms with Gasteiger partial charge in [-0.2, -0.15) is 5.06 Å². The molecule has 0 radical (unpaired) electrons. The fourth-order valence-corrected chi connectivity index (χ4v) is 2.67. The van der Waals surface area contributed by atoms with Crippen molar-refractivity contribution in [3.63, 3.8) is 0 Å². The van der Waals surface area contributed by atoms with Crippen LogP contribution >= 0.6 is 7.60 Å². The number of hydroxylamine groups is 2. The molecule has 0 aromatic rings. The van der Waals surface area contributed by atoms with E-state index in [-0.39, 0.29) is 5.06 Å². The van der Waals surface area contributed by atoms with E-state index in [4.69, 9.17) is 5.21 Å². The van der Waals surface area contributed by atoms with Crippen molar-refractivity contribution in [1.29, 1.82) is 0 Å². The van der Waals surface area contributed by atoms with E-state index in [1.54, 1.807) is 20.8 Å². The van der Waals surface area contributed by atoms with Gasteiger partial charge in [-0.3, -0.25) is 23.9 Å². The largest absolute Gasteiger partial charge is 0.438 e. The predicted octanol–water partition coefficient (Wildman–Crippen LogP) is 0.0437. The quantitative estimate of drug-likeness (QED) is 0.287. The molecule has 9 nitrogen and oxygen atoms in total. The summed E-state index contributed by atoms with van der Waals surface area (Å²) in [6.45, 7) is 3.98. The summed E-state index contributed by atoms with van der Waals surface area (Å²) in [5.41, 5.74) is -2.39. The molecule has 20 heavy (non-hydrogen) atoms. The molecule has 1 heterocycles. The second-order valence-corrected chi connectivity index (χ2v) is 7.42. The first-order chi connectivity index (χ1) is 8.97. The van der Waals surface area contributed by atoms with Crippen molar-refractivity contribution >= 4 is 19.5 Å². The Kier molecular flexibility index (Phi) is 4.94. The van der Waals surface area contributed by atoms with Gasteiger partial charge in [0.15, 0.2) is 6.23 Å². The zero-order chi connectivity index (χ0) is 15.7. The lowest BCUT2D eigenvalue weighted by Crippen LogP contribution is -2.31. The molecular formula is C10H18NO8P. The third kappa shape index (κ3) is 3.77. The highest BCUT2D eigenvalue weighted by molar-refractivity contribution is 7.54. The molecule has 0 aliphatic carbocycles. The molecule has 0 bridgehead atoms. The summed E-state index contributed by atoms with van der Waals surface area (Å²) in [4.78, 5) is 32.4. The summed E-state index contributed by atoms with van der Waals surface area (Å²) in [5, 5.41) is 18.3. The minimum absolute atomic E-state index is 0.0297. The number of aliphatic hydroxyl groups is 1. The van der Waals surface area contributed by atoms with Crippen LogP contribution in [-0.4, -0.2) is 50.8 Å². The van der Waals surface area contributed by atoms with Crippen LogP contribution in [0.5, 0.6) is 0 Å². The molecule has 1 aliphatic heterocycles. The van der Waals surface area contributed by atoms with E-state index in [0.717, 1.165) is 0 Å². The van der Waals surface area contributed by atoms with Crippen molar-refractivity contribution in [3.8, 4) is 0 Å². The van der Waals surface area contributed by atoms with Gasteiger partial charge in [-0.05, 0) is 20.8 Å². The molecule has 1 amide bonds. The number of hydrogen-bond donors (Lipinski definition) is 3. The highest BCUT2D eigenvalue weighted by Gasteiger charge is 2.49. The van der Waals surface area contributed by atoms with Crippen molar-refractivity contribution < 1.29 is 38.6 Å². The number of aliphatic hydroxyl groups excluding tert-OH is 1. The lowest BCUT2D eigenvalue weighted by molar-refractivity contribution is -0.189. The summed E-state index contributed by atoms with van der Waals surface area (Å²) in [6.07, 6.45) is -2.01. The molecule has 1 aliphatic rings. The van der Waals surface area contributed by atoms with E-state index in [1.807, 2.05) is 0 Å². The van der Waals surface area contributed by atoms with Crippen LogP contribution in [0.1, 0.15) is 27.2 Å². The zero-order valence-electron chi connectivity index (χ0n) is 11.3. The molecule has 0 spiro atoms. The van der Waals surface area contributed by atoms with Crippen molar-refractivity contribution in [2.75, 3.05) is 6.79 Å². The van der Waals surface area contributed by atoms with Gasteiger partial charge < -0.3 is 14.7 Å². The summed E-state index contributed by atoms with van der Waals surface area (Å²) in [6, 6.07) is 0. The molecular weight excluding hydrogens is 293 g/mol. The lowest BCUT2D eigenvalue weighted by atomic mass is 9.98. The standard InChI is InChI=1S/C10H18NO8P/c1-10(2,3)9(14)18-5-19-20(16,17)6-4-7(12)11(15)8(6)13/h6-7,12,15H,4-5H2,1-3H3,(H,16,17)/t6-,7-/m0/s1. The average molecular weight is 311 g/mol. The summed E-state index contributed by atoms with van der Waals surface area (Å²) >= 11 is 0. The van der Waals surface area contributed by atoms with Crippen molar-refractivity contribution in [2.45, 2.75) is 39.1 Å². The topological polar surface area (TPSA) is 134 Å². The maximum absolute atomic E-state index is 11.8. The third-order valence-corrected chi connectivity index (χ3v) is 4.36. The third-order valence-electron chi connectivity index (χ3n) is 2.66. The van der Waals surface area contributed by atoms with Gasteiger partial charge in [0.1, 0.15) is 5.66 Å². The molecule has 0 aromatic heterocycles. The highest BCUT2D eigenvalue weighted by atomic mass is 31.2. The van der Waals surface area contributed by atoms with Gasteiger partial charge in [-0.1, -0.05) is 0 Å². The van der Waals surface area contributed by atoms with Gasteiger partial charge in [0, 0.05) is 6.42 Å². The number of carbonyl (C=O) groups excluding carboxylic acids is 2. The van der Waals surface area contributed by atoms with Crippen LogP contribution < -0.4 is 0 Å². The molecule has 3 N–H and O–H groups in total. The van der Waals surface area contributed by atoms with Crippen LogP contribution in [0.15, 0.2) is 0 Å². The van der Waals surface area contributed by atoms with Crippen molar-refractivity contribution in [3.05, 3.63) is 0 Å². The van der Waals surface area contributed by atoms with Crippen LogP contribution in [0.3, 0.4) is 0 Å². The predicted molar refractivity (Wildman–Crippen MR) is 64.4 cm³/mol. The Bertz CT molecular complexity index is 445. The molecule has 10 heteroatoms. The van der Waals surface area contributed by atoms with Crippen LogP contribution in [0.25, 0.3) is 0 Å². The van der Waals surface area contributed by atoms with Gasteiger partial charge in [-0.25, -0.2) is 0 Å². The van der Waals surface area contributed by atoms with Crippen LogP contribution in [0, 0.1) is 5.41 Å². The summed E-state index contributed by atoms with van der Waals surface area (Å²) in [5.74, 6) is -1.76. The zero-order valence-corrected chi connectivity index (χ0v) is 12.2. The Labute approximate surface area is 115 Å². The Hall–Kier alpha value is -0.990. The first-order valence-electron chi connectivity index (χ1n) is 5.81. The van der Waals surface area contributed by atoms with Crippen LogP contribution in [-0.2, 0) is 23.4 Å². The monoisotopic (exact) mass is 311 g/mol. The molecule has 0 saturated carbocycles. The van der Waals surface area contributed by atoms with E-state index in [2.05, 4.69) is 9.26 Å². The second kappa shape index (κ2) is 5.79. The Morgan fingerprint density at radius 3 is 2.45 bits per heavy atom. The number of hydrogen-bond acceptors (Lipinski definition) is 7. The first kappa shape index (κ1) is 17.1. The molecule has 3 atom stereocenters. The fraction of sp³-hybridized carbons (Fsp3) is 0.800. The summed E-state index contributed by atoms with van der Waals surface area (Å²) in [7, 11) is -4.47. The average Bonchev–Trinajstić information content (AvgIpc) is 2.56. The molecule has 1 rings (SSSR count). The number of ether oxygens (including phenoxy) is 1. The minimum atomic E-state index is -4.47. The molecule has 1 fully saturated rings. The molecule has 1 saturated heterocycles. The van der Waals surface area contributed by atoms with Crippen molar-refractivity contribution in [1.82, 2.24) is 5.06 Å². The fourth-order valence-electron chi connectivity index (χ4n) is 1.43. The van der Waals surface area contributed by atoms with Crippen molar-refractivity contribution in [2.24, 2.45) is 5.41 Å². The highest BCUT2D eigenvalue weighted by Crippen LogP contribution is 2.52. The Morgan fingerprint density at radius 2 is 2.05 bits per heavy atom. The number of rotatable bonds is 4. The molecule has 116 valence electrons. The van der Waals surface area contributed by atoms with E-state index < -0.39 is 50.0 Å². The maximum Gasteiger partial charge on any atom is 0.343 e. The van der Waals surface area contributed by atoms with Gasteiger partial charge in [0.2, 0.25) is 6.79 Å².